The minimum absolute atomic E-state index is 0.0697. The van der Waals surface area contributed by atoms with Gasteiger partial charge in [-0.15, -0.1) is 10.2 Å². The van der Waals surface area contributed by atoms with Gasteiger partial charge in [-0.25, -0.2) is 0 Å². The second-order valence-corrected chi connectivity index (χ2v) is 7.34. The SMILES string of the molecule is Cc1cccc(NC(=O)CSc2nnc(-c3ccc(Cl)cc3)n2C)c1C. The molecule has 1 aromatic heterocycles. The molecule has 0 radical (unpaired) electrons. The van der Waals surface area contributed by atoms with Gasteiger partial charge in [-0.1, -0.05) is 35.5 Å². The summed E-state index contributed by atoms with van der Waals surface area (Å²) in [6.45, 7) is 4.02. The van der Waals surface area contributed by atoms with Gasteiger partial charge in [-0.05, 0) is 55.3 Å². The number of carbonyl (C=O) groups is 1. The molecule has 0 aliphatic rings. The Kier molecular flexibility index (Phi) is 5.64. The fraction of sp³-hybridized carbons (Fsp3) is 0.211. The molecule has 0 saturated heterocycles. The molecule has 0 aliphatic carbocycles. The molecule has 0 saturated carbocycles. The van der Waals surface area contributed by atoms with Crippen molar-refractivity contribution in [2.75, 3.05) is 11.1 Å². The van der Waals surface area contributed by atoms with Gasteiger partial charge in [0.1, 0.15) is 0 Å². The molecule has 26 heavy (non-hydrogen) atoms. The number of benzene rings is 2. The third-order valence-corrected chi connectivity index (χ3v) is 5.42. The molecule has 0 unspecified atom stereocenters. The van der Waals surface area contributed by atoms with E-state index in [1.165, 1.54) is 11.8 Å². The number of nitrogens with one attached hydrogen (secondary N) is 1. The number of thioether (sulfide) groups is 1. The highest BCUT2D eigenvalue weighted by molar-refractivity contribution is 7.99. The Morgan fingerprint density at radius 2 is 1.88 bits per heavy atom. The molecule has 134 valence electrons. The van der Waals surface area contributed by atoms with Crippen LogP contribution in [0, 0.1) is 13.8 Å². The molecule has 2 aromatic carbocycles. The molecular weight excluding hydrogens is 368 g/mol. The van der Waals surface area contributed by atoms with Gasteiger partial charge in [-0.2, -0.15) is 0 Å². The van der Waals surface area contributed by atoms with E-state index in [0.29, 0.717) is 10.2 Å². The molecule has 1 amide bonds. The van der Waals surface area contributed by atoms with E-state index < -0.39 is 0 Å². The molecular formula is C19H19ClN4OS. The molecule has 1 heterocycles. The Labute approximate surface area is 161 Å². The van der Waals surface area contributed by atoms with Crippen molar-refractivity contribution in [1.29, 1.82) is 0 Å². The Balaban J connectivity index is 1.66. The average Bonchev–Trinajstić information content (AvgIpc) is 2.99. The number of aromatic nitrogens is 3. The zero-order valence-electron chi connectivity index (χ0n) is 14.8. The Hall–Kier alpha value is -2.31. The van der Waals surface area contributed by atoms with Crippen LogP contribution in [0.4, 0.5) is 5.69 Å². The van der Waals surface area contributed by atoms with Gasteiger partial charge < -0.3 is 9.88 Å². The van der Waals surface area contributed by atoms with E-state index in [-0.39, 0.29) is 11.7 Å². The largest absolute Gasteiger partial charge is 0.325 e. The summed E-state index contributed by atoms with van der Waals surface area (Å²) in [5.41, 5.74) is 4.00. The molecule has 0 atom stereocenters. The molecule has 0 bridgehead atoms. The number of hydrogen-bond acceptors (Lipinski definition) is 4. The molecule has 0 aliphatic heterocycles. The lowest BCUT2D eigenvalue weighted by Crippen LogP contribution is -2.15. The highest BCUT2D eigenvalue weighted by atomic mass is 35.5. The van der Waals surface area contributed by atoms with E-state index >= 15 is 0 Å². The van der Waals surface area contributed by atoms with Gasteiger partial charge in [-0.3, -0.25) is 4.79 Å². The van der Waals surface area contributed by atoms with Crippen molar-refractivity contribution in [1.82, 2.24) is 14.8 Å². The van der Waals surface area contributed by atoms with Crippen molar-refractivity contribution in [3.8, 4) is 11.4 Å². The van der Waals surface area contributed by atoms with Gasteiger partial charge in [0.05, 0.1) is 5.75 Å². The van der Waals surface area contributed by atoms with Gasteiger partial charge in [0.25, 0.3) is 0 Å². The number of anilines is 1. The van der Waals surface area contributed by atoms with E-state index in [0.717, 1.165) is 28.2 Å². The number of halogens is 1. The molecule has 5 nitrogen and oxygen atoms in total. The summed E-state index contributed by atoms with van der Waals surface area (Å²) in [5.74, 6) is 0.929. The first-order valence-corrected chi connectivity index (χ1v) is 9.46. The maximum atomic E-state index is 12.3. The summed E-state index contributed by atoms with van der Waals surface area (Å²) in [7, 11) is 1.88. The highest BCUT2D eigenvalue weighted by Crippen LogP contribution is 2.24. The van der Waals surface area contributed by atoms with Gasteiger partial charge in [0.2, 0.25) is 5.91 Å². The molecule has 7 heteroatoms. The average molecular weight is 387 g/mol. The second-order valence-electron chi connectivity index (χ2n) is 5.96. The Morgan fingerprint density at radius 1 is 1.15 bits per heavy atom. The van der Waals surface area contributed by atoms with Crippen molar-refractivity contribution in [3.63, 3.8) is 0 Å². The zero-order chi connectivity index (χ0) is 18.7. The van der Waals surface area contributed by atoms with Crippen LogP contribution in [0.25, 0.3) is 11.4 Å². The summed E-state index contributed by atoms with van der Waals surface area (Å²) in [4.78, 5) is 12.3. The topological polar surface area (TPSA) is 59.8 Å². The van der Waals surface area contributed by atoms with Crippen LogP contribution in [0.1, 0.15) is 11.1 Å². The summed E-state index contributed by atoms with van der Waals surface area (Å²) >= 11 is 7.28. The van der Waals surface area contributed by atoms with E-state index in [4.69, 9.17) is 11.6 Å². The lowest BCUT2D eigenvalue weighted by molar-refractivity contribution is -0.113. The first-order chi connectivity index (χ1) is 12.5. The van der Waals surface area contributed by atoms with Crippen LogP contribution in [-0.4, -0.2) is 26.4 Å². The minimum atomic E-state index is -0.0697. The molecule has 0 fully saturated rings. The number of rotatable bonds is 5. The summed E-state index contributed by atoms with van der Waals surface area (Å²) in [6.07, 6.45) is 0. The van der Waals surface area contributed by atoms with Crippen molar-refractivity contribution < 1.29 is 4.79 Å². The normalized spacial score (nSPS) is 10.8. The van der Waals surface area contributed by atoms with Crippen LogP contribution in [0.3, 0.4) is 0 Å². The maximum Gasteiger partial charge on any atom is 0.234 e. The minimum Gasteiger partial charge on any atom is -0.325 e. The van der Waals surface area contributed by atoms with E-state index in [1.807, 2.05) is 67.9 Å². The molecule has 3 aromatic rings. The Morgan fingerprint density at radius 3 is 2.62 bits per heavy atom. The lowest BCUT2D eigenvalue weighted by Gasteiger charge is -2.10. The molecule has 3 rings (SSSR count). The lowest BCUT2D eigenvalue weighted by atomic mass is 10.1. The van der Waals surface area contributed by atoms with Crippen molar-refractivity contribution in [2.45, 2.75) is 19.0 Å². The third kappa shape index (κ3) is 4.08. The quantitative estimate of drug-likeness (QED) is 0.656. The summed E-state index contributed by atoms with van der Waals surface area (Å²) in [5, 5.41) is 12.7. The summed E-state index contributed by atoms with van der Waals surface area (Å²) < 4.78 is 1.87. The maximum absolute atomic E-state index is 12.3. The van der Waals surface area contributed by atoms with Gasteiger partial charge >= 0.3 is 0 Å². The highest BCUT2D eigenvalue weighted by Gasteiger charge is 2.13. The van der Waals surface area contributed by atoms with Crippen LogP contribution in [0.15, 0.2) is 47.6 Å². The number of aryl methyl sites for hydroxylation is 1. The van der Waals surface area contributed by atoms with E-state index in [1.54, 1.807) is 0 Å². The van der Waals surface area contributed by atoms with Crippen LogP contribution in [-0.2, 0) is 11.8 Å². The van der Waals surface area contributed by atoms with E-state index in [9.17, 15) is 4.79 Å². The first kappa shape index (κ1) is 18.5. The van der Waals surface area contributed by atoms with Crippen LogP contribution < -0.4 is 5.32 Å². The number of nitrogens with zero attached hydrogens (tertiary/aromatic N) is 3. The second kappa shape index (κ2) is 7.93. The van der Waals surface area contributed by atoms with Gasteiger partial charge in [0.15, 0.2) is 11.0 Å². The van der Waals surface area contributed by atoms with E-state index in [2.05, 4.69) is 15.5 Å². The smallest absolute Gasteiger partial charge is 0.234 e. The van der Waals surface area contributed by atoms with Crippen molar-refractivity contribution in [3.05, 3.63) is 58.6 Å². The third-order valence-electron chi connectivity index (χ3n) is 4.15. The Bertz CT molecular complexity index is 937. The van der Waals surface area contributed by atoms with Crippen molar-refractivity contribution in [2.24, 2.45) is 7.05 Å². The fourth-order valence-corrected chi connectivity index (χ4v) is 3.33. The summed E-state index contributed by atoms with van der Waals surface area (Å²) in [6, 6.07) is 13.3. The number of hydrogen-bond donors (Lipinski definition) is 1. The standard InChI is InChI=1S/C19H19ClN4OS/c1-12-5-4-6-16(13(12)2)21-17(25)11-26-19-23-22-18(24(19)3)14-7-9-15(20)10-8-14/h4-10H,11H2,1-3H3,(H,21,25). The monoisotopic (exact) mass is 386 g/mol. The van der Waals surface area contributed by atoms with Crippen LogP contribution in [0.5, 0.6) is 0 Å². The van der Waals surface area contributed by atoms with Crippen molar-refractivity contribution >= 4 is 35.0 Å². The number of amides is 1. The predicted octanol–water partition coefficient (Wildman–Crippen LogP) is 4.48. The van der Waals surface area contributed by atoms with Crippen LogP contribution in [0.2, 0.25) is 5.02 Å². The first-order valence-electron chi connectivity index (χ1n) is 8.10. The molecule has 0 spiro atoms. The van der Waals surface area contributed by atoms with Gasteiger partial charge in [0, 0.05) is 23.3 Å². The van der Waals surface area contributed by atoms with Crippen LogP contribution >= 0.6 is 23.4 Å². The predicted molar refractivity (Wildman–Crippen MR) is 107 cm³/mol. The molecule has 1 N–H and O–H groups in total. The fourth-order valence-electron chi connectivity index (χ4n) is 2.49. The zero-order valence-corrected chi connectivity index (χ0v) is 16.4. The number of carbonyl (C=O) groups excluding carboxylic acids is 1.